The molecule has 1 aromatic carbocycles. The molecule has 1 aromatic heterocycles. The summed E-state index contributed by atoms with van der Waals surface area (Å²) in [5.41, 5.74) is 0.714. The number of anilines is 1. The minimum atomic E-state index is -0.690. The van der Waals surface area contributed by atoms with Gasteiger partial charge in [0.15, 0.2) is 0 Å². The van der Waals surface area contributed by atoms with Crippen molar-refractivity contribution in [3.63, 3.8) is 0 Å². The molecule has 0 aliphatic rings. The van der Waals surface area contributed by atoms with Crippen LogP contribution >= 0.6 is 11.3 Å². The molecule has 152 valence electrons. The van der Waals surface area contributed by atoms with Gasteiger partial charge in [-0.3, -0.25) is 10.1 Å². The van der Waals surface area contributed by atoms with E-state index in [1.54, 1.807) is 12.1 Å². The van der Waals surface area contributed by atoms with E-state index in [9.17, 15) is 14.0 Å². The Bertz CT molecular complexity index is 781. The first-order chi connectivity index (χ1) is 13.4. The van der Waals surface area contributed by atoms with Crippen LogP contribution in [-0.2, 0) is 4.79 Å². The van der Waals surface area contributed by atoms with Crippen LogP contribution in [0.5, 0.6) is 0 Å². The van der Waals surface area contributed by atoms with Crippen molar-refractivity contribution in [2.75, 3.05) is 11.9 Å². The average molecular weight is 408 g/mol. The largest absolute Gasteiger partial charge is 0.338 e. The van der Waals surface area contributed by atoms with Crippen molar-refractivity contribution in [1.29, 1.82) is 0 Å². The van der Waals surface area contributed by atoms with Gasteiger partial charge in [-0.05, 0) is 36.6 Å². The normalized spacial score (nSPS) is 12.9. The number of nitrogens with one attached hydrogen (secondary N) is 3. The van der Waals surface area contributed by atoms with Crippen molar-refractivity contribution in [3.8, 4) is 10.6 Å². The molecule has 9 heteroatoms. The van der Waals surface area contributed by atoms with Crippen molar-refractivity contribution < 1.29 is 14.0 Å². The summed E-state index contributed by atoms with van der Waals surface area (Å²) in [6.07, 6.45) is 2.58. The van der Waals surface area contributed by atoms with Gasteiger partial charge in [0, 0.05) is 12.1 Å². The third kappa shape index (κ3) is 6.26. The minimum absolute atomic E-state index is 0.0542. The summed E-state index contributed by atoms with van der Waals surface area (Å²) in [4.78, 5) is 24.8. The van der Waals surface area contributed by atoms with Gasteiger partial charge in [0.05, 0.1) is 0 Å². The second-order valence-corrected chi connectivity index (χ2v) is 7.50. The van der Waals surface area contributed by atoms with E-state index in [1.807, 2.05) is 20.8 Å². The van der Waals surface area contributed by atoms with Crippen LogP contribution < -0.4 is 16.0 Å². The first-order valence-electron chi connectivity index (χ1n) is 9.39. The molecule has 0 aliphatic heterocycles. The Hall–Kier alpha value is -2.55. The Balaban J connectivity index is 2.02. The highest BCUT2D eigenvalue weighted by Crippen LogP contribution is 2.26. The molecule has 7 nitrogen and oxygen atoms in total. The van der Waals surface area contributed by atoms with Gasteiger partial charge < -0.3 is 10.6 Å². The molecular weight excluding hydrogens is 381 g/mol. The summed E-state index contributed by atoms with van der Waals surface area (Å²) in [6.45, 7) is 6.46. The number of unbranched alkanes of at least 4 members (excludes halogenated alkanes) is 1. The summed E-state index contributed by atoms with van der Waals surface area (Å²) in [5.74, 6) is -0.732. The lowest BCUT2D eigenvalue weighted by Gasteiger charge is -2.23. The molecule has 28 heavy (non-hydrogen) atoms. The number of amides is 3. The van der Waals surface area contributed by atoms with Crippen LogP contribution in [-0.4, -0.2) is 34.7 Å². The molecule has 0 saturated carbocycles. The zero-order valence-electron chi connectivity index (χ0n) is 16.3. The maximum atomic E-state index is 13.1. The summed E-state index contributed by atoms with van der Waals surface area (Å²) >= 11 is 1.19. The second-order valence-electron chi connectivity index (χ2n) is 6.53. The van der Waals surface area contributed by atoms with Crippen molar-refractivity contribution in [1.82, 2.24) is 20.8 Å². The Morgan fingerprint density at radius 1 is 1.18 bits per heavy atom. The van der Waals surface area contributed by atoms with Crippen LogP contribution in [0.25, 0.3) is 10.6 Å². The van der Waals surface area contributed by atoms with E-state index in [4.69, 9.17) is 0 Å². The lowest BCUT2D eigenvalue weighted by Crippen LogP contribution is -2.51. The van der Waals surface area contributed by atoms with E-state index in [0.29, 0.717) is 22.2 Å². The fourth-order valence-corrected chi connectivity index (χ4v) is 3.19. The Labute approximate surface area is 168 Å². The van der Waals surface area contributed by atoms with Gasteiger partial charge in [-0.25, -0.2) is 9.18 Å². The van der Waals surface area contributed by atoms with E-state index in [0.717, 1.165) is 19.3 Å². The number of hydrogen-bond donors (Lipinski definition) is 3. The molecule has 0 aliphatic carbocycles. The molecule has 0 saturated heterocycles. The zero-order chi connectivity index (χ0) is 20.5. The van der Waals surface area contributed by atoms with E-state index < -0.39 is 6.04 Å². The number of urea groups is 1. The molecule has 0 unspecified atom stereocenters. The van der Waals surface area contributed by atoms with Gasteiger partial charge in [-0.1, -0.05) is 44.9 Å². The predicted molar refractivity (Wildman–Crippen MR) is 109 cm³/mol. The third-order valence-corrected chi connectivity index (χ3v) is 5.23. The Morgan fingerprint density at radius 3 is 2.54 bits per heavy atom. The Kier molecular flexibility index (Phi) is 8.31. The summed E-state index contributed by atoms with van der Waals surface area (Å²) in [6, 6.07) is 4.84. The number of halogens is 1. The molecule has 0 fully saturated rings. The monoisotopic (exact) mass is 407 g/mol. The van der Waals surface area contributed by atoms with Gasteiger partial charge in [0.1, 0.15) is 16.9 Å². The summed E-state index contributed by atoms with van der Waals surface area (Å²) < 4.78 is 13.1. The first kappa shape index (κ1) is 21.7. The molecule has 3 N–H and O–H groups in total. The summed E-state index contributed by atoms with van der Waals surface area (Å²) in [5, 5.41) is 17.1. The second kappa shape index (κ2) is 10.7. The number of rotatable bonds is 9. The van der Waals surface area contributed by atoms with Gasteiger partial charge in [0.25, 0.3) is 0 Å². The van der Waals surface area contributed by atoms with Crippen molar-refractivity contribution in [2.45, 2.75) is 46.1 Å². The highest BCUT2D eigenvalue weighted by Gasteiger charge is 2.26. The highest BCUT2D eigenvalue weighted by molar-refractivity contribution is 7.18. The fourth-order valence-electron chi connectivity index (χ4n) is 2.44. The van der Waals surface area contributed by atoms with Gasteiger partial charge >= 0.3 is 6.03 Å². The first-order valence-corrected chi connectivity index (χ1v) is 10.2. The van der Waals surface area contributed by atoms with Gasteiger partial charge in [0.2, 0.25) is 11.0 Å². The fraction of sp³-hybridized carbons (Fsp3) is 0.474. The number of hydrogen-bond acceptors (Lipinski definition) is 5. The molecular formula is C19H26FN5O2S. The zero-order valence-corrected chi connectivity index (χ0v) is 17.1. The quantitative estimate of drug-likeness (QED) is 0.551. The van der Waals surface area contributed by atoms with E-state index >= 15 is 0 Å². The molecule has 0 bridgehead atoms. The molecule has 0 radical (unpaired) electrons. The molecule has 2 atom stereocenters. The van der Waals surface area contributed by atoms with Crippen LogP contribution in [0.1, 0.15) is 40.0 Å². The lowest BCUT2D eigenvalue weighted by molar-refractivity contribution is -0.119. The van der Waals surface area contributed by atoms with E-state index in [-0.39, 0.29) is 23.7 Å². The van der Waals surface area contributed by atoms with Crippen LogP contribution in [0.4, 0.5) is 14.3 Å². The molecule has 0 spiro atoms. The van der Waals surface area contributed by atoms with Crippen molar-refractivity contribution in [2.24, 2.45) is 5.92 Å². The maximum absolute atomic E-state index is 13.1. The van der Waals surface area contributed by atoms with E-state index in [2.05, 4.69) is 26.1 Å². The van der Waals surface area contributed by atoms with Gasteiger partial charge in [-0.15, -0.1) is 10.2 Å². The van der Waals surface area contributed by atoms with Crippen LogP contribution in [0.3, 0.4) is 0 Å². The number of carbonyl (C=O) groups excluding carboxylic acids is 2. The molecule has 2 aromatic rings. The van der Waals surface area contributed by atoms with Crippen LogP contribution in [0.2, 0.25) is 0 Å². The van der Waals surface area contributed by atoms with E-state index in [1.165, 1.54) is 23.5 Å². The van der Waals surface area contributed by atoms with Gasteiger partial charge in [-0.2, -0.15) is 0 Å². The van der Waals surface area contributed by atoms with Crippen LogP contribution in [0, 0.1) is 11.7 Å². The topological polar surface area (TPSA) is 96.0 Å². The number of carbonyl (C=O) groups is 2. The SMILES string of the molecule is CCCCNC(=O)N[C@H](C(=O)Nc1nnc(-c2ccc(F)cc2)s1)[C@H](C)CC. The smallest absolute Gasteiger partial charge is 0.315 e. The number of aromatic nitrogens is 2. The highest BCUT2D eigenvalue weighted by atomic mass is 32.1. The summed E-state index contributed by atoms with van der Waals surface area (Å²) in [7, 11) is 0. The number of benzene rings is 1. The third-order valence-electron chi connectivity index (χ3n) is 4.34. The average Bonchev–Trinajstić information content (AvgIpc) is 3.14. The standard InChI is InChI=1S/C19H26FN5O2S/c1-4-6-11-21-18(27)22-15(12(3)5-2)16(26)23-19-25-24-17(28-19)13-7-9-14(20)10-8-13/h7-10,12,15H,4-6,11H2,1-3H3,(H2,21,22,27)(H,23,25,26)/t12-,15+/m1/s1. The predicted octanol–water partition coefficient (Wildman–Crippen LogP) is 3.80. The van der Waals surface area contributed by atoms with Crippen molar-refractivity contribution >= 4 is 28.4 Å². The minimum Gasteiger partial charge on any atom is -0.338 e. The Morgan fingerprint density at radius 2 is 1.89 bits per heavy atom. The molecule has 1 heterocycles. The lowest BCUT2D eigenvalue weighted by atomic mass is 9.98. The molecule has 2 rings (SSSR count). The molecule has 3 amide bonds. The maximum Gasteiger partial charge on any atom is 0.315 e. The van der Waals surface area contributed by atoms with Crippen LogP contribution in [0.15, 0.2) is 24.3 Å². The van der Waals surface area contributed by atoms with Crippen molar-refractivity contribution in [3.05, 3.63) is 30.1 Å². The number of nitrogens with zero attached hydrogens (tertiary/aromatic N) is 2.